The van der Waals surface area contributed by atoms with Crippen LogP contribution in [0.25, 0.3) is 0 Å². The van der Waals surface area contributed by atoms with Gasteiger partial charge in [-0.3, -0.25) is 0 Å². The molecule has 0 saturated carbocycles. The minimum Gasteiger partial charge on any atom is -0.387 e. The smallest absolute Gasteiger partial charge is 0.0917 e. The lowest BCUT2D eigenvalue weighted by molar-refractivity contribution is -0.0716. The molecule has 0 heterocycles. The maximum atomic E-state index is 10.2. The fourth-order valence-electron chi connectivity index (χ4n) is 1.59. The van der Waals surface area contributed by atoms with Crippen LogP contribution in [-0.4, -0.2) is 23.9 Å². The van der Waals surface area contributed by atoms with E-state index in [1.165, 1.54) is 11.1 Å². The van der Waals surface area contributed by atoms with Gasteiger partial charge in [0.25, 0.3) is 0 Å². The molecule has 0 aromatic heterocycles. The van der Waals surface area contributed by atoms with Crippen LogP contribution in [0.3, 0.4) is 0 Å². The van der Waals surface area contributed by atoms with Gasteiger partial charge in [-0.25, -0.2) is 0 Å². The third-order valence-electron chi connectivity index (χ3n) is 3.04. The van der Waals surface area contributed by atoms with Gasteiger partial charge in [0, 0.05) is 13.5 Å². The van der Waals surface area contributed by atoms with Gasteiger partial charge < -0.3 is 9.84 Å². The Bertz CT molecular complexity index is 318. The highest BCUT2D eigenvalue weighted by Gasteiger charge is 2.28. The van der Waals surface area contributed by atoms with E-state index >= 15 is 0 Å². The van der Waals surface area contributed by atoms with E-state index in [-0.39, 0.29) is 6.10 Å². The van der Waals surface area contributed by atoms with Crippen LogP contribution < -0.4 is 0 Å². The summed E-state index contributed by atoms with van der Waals surface area (Å²) in [6.07, 6.45) is 0.450. The number of aryl methyl sites for hydroxylation is 1. The molecule has 0 amide bonds. The largest absolute Gasteiger partial charge is 0.387 e. The van der Waals surface area contributed by atoms with Crippen molar-refractivity contribution >= 4 is 0 Å². The Kier molecular flexibility index (Phi) is 3.89. The van der Waals surface area contributed by atoms with Crippen LogP contribution in [0.5, 0.6) is 0 Å². The summed E-state index contributed by atoms with van der Waals surface area (Å²) >= 11 is 0. The monoisotopic (exact) mass is 208 g/mol. The standard InChI is InChI=1S/C13H20O2/c1-10-7-5-6-8-12(10)9-13(3,14)11(2)15-4/h5-8,11,14H,9H2,1-4H3. The van der Waals surface area contributed by atoms with E-state index in [1.807, 2.05) is 32.0 Å². The van der Waals surface area contributed by atoms with E-state index in [1.54, 1.807) is 7.11 Å². The Morgan fingerprint density at radius 3 is 2.53 bits per heavy atom. The molecule has 0 spiro atoms. The number of benzene rings is 1. The topological polar surface area (TPSA) is 29.5 Å². The number of hydrogen-bond acceptors (Lipinski definition) is 2. The van der Waals surface area contributed by atoms with Gasteiger partial charge >= 0.3 is 0 Å². The van der Waals surface area contributed by atoms with Crippen molar-refractivity contribution < 1.29 is 9.84 Å². The molecule has 15 heavy (non-hydrogen) atoms. The number of methoxy groups -OCH3 is 1. The molecule has 84 valence electrons. The maximum Gasteiger partial charge on any atom is 0.0917 e. The van der Waals surface area contributed by atoms with Gasteiger partial charge in [-0.2, -0.15) is 0 Å². The molecule has 1 aromatic carbocycles. The van der Waals surface area contributed by atoms with Crippen LogP contribution in [0.1, 0.15) is 25.0 Å². The van der Waals surface area contributed by atoms with Gasteiger partial charge in [-0.1, -0.05) is 24.3 Å². The Balaban J connectivity index is 2.81. The first-order valence-corrected chi connectivity index (χ1v) is 5.27. The van der Waals surface area contributed by atoms with Crippen LogP contribution in [0.15, 0.2) is 24.3 Å². The Labute approximate surface area is 91.9 Å². The van der Waals surface area contributed by atoms with Gasteiger partial charge in [-0.15, -0.1) is 0 Å². The maximum absolute atomic E-state index is 10.2. The molecular formula is C13H20O2. The predicted molar refractivity (Wildman–Crippen MR) is 62.0 cm³/mol. The van der Waals surface area contributed by atoms with Gasteiger partial charge in [0.05, 0.1) is 11.7 Å². The van der Waals surface area contributed by atoms with E-state index < -0.39 is 5.60 Å². The highest BCUT2D eigenvalue weighted by atomic mass is 16.5. The minimum absolute atomic E-state index is 0.169. The van der Waals surface area contributed by atoms with Gasteiger partial charge in [0.2, 0.25) is 0 Å². The van der Waals surface area contributed by atoms with Crippen molar-refractivity contribution in [1.82, 2.24) is 0 Å². The minimum atomic E-state index is -0.819. The lowest BCUT2D eigenvalue weighted by Crippen LogP contribution is -2.40. The van der Waals surface area contributed by atoms with Crippen molar-refractivity contribution in [2.45, 2.75) is 38.9 Å². The zero-order valence-corrected chi connectivity index (χ0v) is 9.95. The molecule has 0 aliphatic heterocycles. The third kappa shape index (κ3) is 3.05. The lowest BCUT2D eigenvalue weighted by Gasteiger charge is -2.29. The van der Waals surface area contributed by atoms with Crippen LogP contribution in [0, 0.1) is 6.92 Å². The molecule has 1 aromatic rings. The number of rotatable bonds is 4. The quantitative estimate of drug-likeness (QED) is 0.823. The summed E-state index contributed by atoms with van der Waals surface area (Å²) in [7, 11) is 1.62. The van der Waals surface area contributed by atoms with E-state index in [2.05, 4.69) is 13.0 Å². The second kappa shape index (κ2) is 4.77. The number of ether oxygens (including phenoxy) is 1. The van der Waals surface area contributed by atoms with E-state index in [0.717, 1.165) is 0 Å². The average molecular weight is 208 g/mol. The Hall–Kier alpha value is -0.860. The normalized spacial score (nSPS) is 17.1. The van der Waals surface area contributed by atoms with Crippen molar-refractivity contribution in [3.05, 3.63) is 35.4 Å². The summed E-state index contributed by atoms with van der Waals surface area (Å²) in [4.78, 5) is 0. The summed E-state index contributed by atoms with van der Waals surface area (Å²) in [5.74, 6) is 0. The van der Waals surface area contributed by atoms with Crippen LogP contribution in [0.4, 0.5) is 0 Å². The van der Waals surface area contributed by atoms with Crippen molar-refractivity contribution in [2.24, 2.45) is 0 Å². The first-order chi connectivity index (χ1) is 6.97. The van der Waals surface area contributed by atoms with Crippen LogP contribution >= 0.6 is 0 Å². The Morgan fingerprint density at radius 1 is 1.40 bits per heavy atom. The predicted octanol–water partition coefficient (Wildman–Crippen LogP) is 2.32. The van der Waals surface area contributed by atoms with Crippen LogP contribution in [-0.2, 0) is 11.2 Å². The second-order valence-electron chi connectivity index (χ2n) is 4.34. The number of aliphatic hydroxyl groups is 1. The summed E-state index contributed by atoms with van der Waals surface area (Å²) in [6.45, 7) is 5.76. The van der Waals surface area contributed by atoms with Gasteiger partial charge in [0.15, 0.2) is 0 Å². The molecule has 0 aliphatic rings. The second-order valence-corrected chi connectivity index (χ2v) is 4.34. The molecule has 1 rings (SSSR count). The molecule has 2 unspecified atom stereocenters. The zero-order chi connectivity index (χ0) is 11.5. The lowest BCUT2D eigenvalue weighted by atomic mass is 9.90. The molecule has 2 atom stereocenters. The highest BCUT2D eigenvalue weighted by molar-refractivity contribution is 5.27. The molecule has 0 bridgehead atoms. The fourth-order valence-corrected chi connectivity index (χ4v) is 1.59. The highest BCUT2D eigenvalue weighted by Crippen LogP contribution is 2.20. The molecule has 1 N–H and O–H groups in total. The third-order valence-corrected chi connectivity index (χ3v) is 3.04. The van der Waals surface area contributed by atoms with Crippen molar-refractivity contribution in [2.75, 3.05) is 7.11 Å². The SMILES string of the molecule is COC(C)C(C)(O)Cc1ccccc1C. The Morgan fingerprint density at radius 2 is 2.00 bits per heavy atom. The molecule has 2 nitrogen and oxygen atoms in total. The average Bonchev–Trinajstić information content (AvgIpc) is 2.20. The van der Waals surface area contributed by atoms with Crippen molar-refractivity contribution in [3.8, 4) is 0 Å². The van der Waals surface area contributed by atoms with Crippen molar-refractivity contribution in [3.63, 3.8) is 0 Å². The van der Waals surface area contributed by atoms with E-state index in [0.29, 0.717) is 6.42 Å². The first-order valence-electron chi connectivity index (χ1n) is 5.27. The zero-order valence-electron chi connectivity index (χ0n) is 9.95. The summed E-state index contributed by atoms with van der Waals surface area (Å²) in [6, 6.07) is 8.11. The summed E-state index contributed by atoms with van der Waals surface area (Å²) in [5, 5.41) is 10.2. The summed E-state index contributed by atoms with van der Waals surface area (Å²) in [5.41, 5.74) is 1.56. The molecule has 0 aliphatic carbocycles. The molecule has 2 heteroatoms. The van der Waals surface area contributed by atoms with E-state index in [9.17, 15) is 5.11 Å². The number of hydrogen-bond donors (Lipinski definition) is 1. The summed E-state index contributed by atoms with van der Waals surface area (Å²) < 4.78 is 5.18. The van der Waals surface area contributed by atoms with Crippen LogP contribution in [0.2, 0.25) is 0 Å². The van der Waals surface area contributed by atoms with Gasteiger partial charge in [0.1, 0.15) is 0 Å². The van der Waals surface area contributed by atoms with Gasteiger partial charge in [-0.05, 0) is 31.9 Å². The van der Waals surface area contributed by atoms with E-state index in [4.69, 9.17) is 4.74 Å². The molecule has 0 radical (unpaired) electrons. The molecular weight excluding hydrogens is 188 g/mol. The fraction of sp³-hybridized carbons (Fsp3) is 0.538. The molecule has 0 saturated heterocycles. The van der Waals surface area contributed by atoms with Crippen molar-refractivity contribution in [1.29, 1.82) is 0 Å². The first kappa shape index (κ1) is 12.2. The molecule has 0 fully saturated rings.